The number of rotatable bonds is 3. The minimum absolute atomic E-state index is 0.215. The lowest BCUT2D eigenvalue weighted by atomic mass is 10.1. The summed E-state index contributed by atoms with van der Waals surface area (Å²) in [4.78, 5) is 0. The van der Waals surface area contributed by atoms with E-state index in [0.717, 1.165) is 6.07 Å². The normalized spacial score (nSPS) is 14.1. The van der Waals surface area contributed by atoms with E-state index in [2.05, 4.69) is 0 Å². The van der Waals surface area contributed by atoms with E-state index in [9.17, 15) is 9.50 Å². The van der Waals surface area contributed by atoms with Gasteiger partial charge < -0.3 is 9.84 Å². The molecule has 0 heterocycles. The lowest BCUT2D eigenvalue weighted by Crippen LogP contribution is -2.08. The standard InChI is InChI=1S/C11H12FNO2/c1-7(6-13)15-9-3-4-10(8(2)14)11(12)5-9/h3-5,7-8,14H,1-2H3/t7?,8-/m1/s1. The van der Waals surface area contributed by atoms with Gasteiger partial charge in [0.1, 0.15) is 17.6 Å². The Labute approximate surface area is 87.7 Å². The van der Waals surface area contributed by atoms with Crippen molar-refractivity contribution in [3.63, 3.8) is 0 Å². The Morgan fingerprint density at radius 3 is 2.60 bits per heavy atom. The molecule has 0 saturated heterocycles. The van der Waals surface area contributed by atoms with Crippen molar-refractivity contribution in [2.45, 2.75) is 26.1 Å². The van der Waals surface area contributed by atoms with Crippen LogP contribution in [0.3, 0.4) is 0 Å². The predicted molar refractivity (Wildman–Crippen MR) is 52.7 cm³/mol. The maximum Gasteiger partial charge on any atom is 0.181 e. The first kappa shape index (κ1) is 11.5. The Morgan fingerprint density at radius 1 is 1.47 bits per heavy atom. The number of ether oxygens (including phenoxy) is 1. The summed E-state index contributed by atoms with van der Waals surface area (Å²) in [5, 5.41) is 17.7. The Hall–Kier alpha value is -1.60. The number of aliphatic hydroxyl groups is 1. The van der Waals surface area contributed by atoms with E-state index < -0.39 is 18.0 Å². The van der Waals surface area contributed by atoms with Gasteiger partial charge >= 0.3 is 0 Å². The molecule has 4 heteroatoms. The van der Waals surface area contributed by atoms with Gasteiger partial charge in [0.15, 0.2) is 6.10 Å². The van der Waals surface area contributed by atoms with Gasteiger partial charge in [-0.1, -0.05) is 0 Å². The Bertz CT molecular complexity index is 385. The zero-order valence-electron chi connectivity index (χ0n) is 8.57. The summed E-state index contributed by atoms with van der Waals surface area (Å²) in [7, 11) is 0. The van der Waals surface area contributed by atoms with Gasteiger partial charge in [-0.15, -0.1) is 0 Å². The Morgan fingerprint density at radius 2 is 2.13 bits per heavy atom. The van der Waals surface area contributed by atoms with Gasteiger partial charge in [-0.05, 0) is 26.0 Å². The average molecular weight is 209 g/mol. The molecule has 15 heavy (non-hydrogen) atoms. The van der Waals surface area contributed by atoms with Crippen molar-refractivity contribution in [1.29, 1.82) is 5.26 Å². The fourth-order valence-corrected chi connectivity index (χ4v) is 1.15. The summed E-state index contributed by atoms with van der Waals surface area (Å²) in [6.45, 7) is 3.05. The van der Waals surface area contributed by atoms with Crippen molar-refractivity contribution < 1.29 is 14.2 Å². The third-order valence-electron chi connectivity index (χ3n) is 1.92. The topological polar surface area (TPSA) is 53.2 Å². The van der Waals surface area contributed by atoms with Gasteiger partial charge in [0.05, 0.1) is 6.10 Å². The van der Waals surface area contributed by atoms with Crippen LogP contribution in [0.2, 0.25) is 0 Å². The molecule has 0 aliphatic heterocycles. The third-order valence-corrected chi connectivity index (χ3v) is 1.92. The summed E-state index contributed by atoms with van der Waals surface area (Å²) < 4.78 is 18.4. The van der Waals surface area contributed by atoms with E-state index in [1.807, 2.05) is 6.07 Å². The van der Waals surface area contributed by atoms with E-state index in [4.69, 9.17) is 10.00 Å². The number of nitriles is 1. The molecule has 0 radical (unpaired) electrons. The number of halogens is 1. The van der Waals surface area contributed by atoms with Gasteiger partial charge in [0, 0.05) is 11.6 Å². The summed E-state index contributed by atoms with van der Waals surface area (Å²) in [5.74, 6) is -0.251. The van der Waals surface area contributed by atoms with Crippen LogP contribution in [0.4, 0.5) is 4.39 Å². The molecule has 0 fully saturated rings. The molecule has 80 valence electrons. The van der Waals surface area contributed by atoms with Crippen molar-refractivity contribution in [2.24, 2.45) is 0 Å². The van der Waals surface area contributed by atoms with Crippen LogP contribution < -0.4 is 4.74 Å². The van der Waals surface area contributed by atoms with Crippen LogP contribution in [-0.4, -0.2) is 11.2 Å². The maximum absolute atomic E-state index is 13.3. The number of aliphatic hydroxyl groups excluding tert-OH is 1. The lowest BCUT2D eigenvalue weighted by molar-refractivity contribution is 0.193. The number of hydrogen-bond donors (Lipinski definition) is 1. The first-order valence-corrected chi connectivity index (χ1v) is 4.58. The zero-order chi connectivity index (χ0) is 11.4. The molecule has 1 unspecified atom stereocenters. The van der Waals surface area contributed by atoms with Crippen LogP contribution >= 0.6 is 0 Å². The third kappa shape index (κ3) is 2.93. The fraction of sp³-hybridized carbons (Fsp3) is 0.364. The summed E-state index contributed by atoms with van der Waals surface area (Å²) in [5.41, 5.74) is 0.215. The molecule has 0 amide bonds. The summed E-state index contributed by atoms with van der Waals surface area (Å²) in [6.07, 6.45) is -1.48. The second-order valence-electron chi connectivity index (χ2n) is 3.25. The highest BCUT2D eigenvalue weighted by Gasteiger charge is 2.10. The fourth-order valence-electron chi connectivity index (χ4n) is 1.15. The smallest absolute Gasteiger partial charge is 0.181 e. The van der Waals surface area contributed by atoms with E-state index in [-0.39, 0.29) is 11.3 Å². The molecular weight excluding hydrogens is 197 g/mol. The quantitative estimate of drug-likeness (QED) is 0.830. The summed E-state index contributed by atoms with van der Waals surface area (Å²) in [6, 6.07) is 6.01. The predicted octanol–water partition coefficient (Wildman–Crippen LogP) is 2.17. The molecule has 3 nitrogen and oxygen atoms in total. The first-order valence-electron chi connectivity index (χ1n) is 4.58. The van der Waals surface area contributed by atoms with Crippen LogP contribution in [0.1, 0.15) is 25.5 Å². The second kappa shape index (κ2) is 4.76. The molecule has 0 saturated carbocycles. The molecule has 1 rings (SSSR count). The maximum atomic E-state index is 13.3. The van der Waals surface area contributed by atoms with Gasteiger partial charge in [-0.25, -0.2) is 4.39 Å². The molecule has 0 aliphatic carbocycles. The van der Waals surface area contributed by atoms with E-state index in [1.165, 1.54) is 19.1 Å². The summed E-state index contributed by atoms with van der Waals surface area (Å²) >= 11 is 0. The van der Waals surface area contributed by atoms with Gasteiger partial charge in [0.25, 0.3) is 0 Å². The second-order valence-corrected chi connectivity index (χ2v) is 3.25. The van der Waals surface area contributed by atoms with Crippen LogP contribution in [0.25, 0.3) is 0 Å². The highest BCUT2D eigenvalue weighted by Crippen LogP contribution is 2.22. The van der Waals surface area contributed by atoms with Crippen molar-refractivity contribution in [2.75, 3.05) is 0 Å². The Kier molecular flexibility index (Phi) is 3.64. The van der Waals surface area contributed by atoms with Crippen molar-refractivity contribution in [3.05, 3.63) is 29.6 Å². The van der Waals surface area contributed by atoms with Crippen molar-refractivity contribution >= 4 is 0 Å². The van der Waals surface area contributed by atoms with Gasteiger partial charge in [-0.3, -0.25) is 0 Å². The number of hydrogen-bond acceptors (Lipinski definition) is 3. The molecule has 1 aromatic carbocycles. The zero-order valence-corrected chi connectivity index (χ0v) is 8.57. The minimum atomic E-state index is -0.854. The van der Waals surface area contributed by atoms with Crippen LogP contribution in [0.5, 0.6) is 5.75 Å². The highest BCUT2D eigenvalue weighted by molar-refractivity contribution is 5.30. The molecule has 1 aromatic rings. The van der Waals surface area contributed by atoms with Crippen molar-refractivity contribution in [1.82, 2.24) is 0 Å². The van der Waals surface area contributed by atoms with E-state index in [1.54, 1.807) is 6.92 Å². The van der Waals surface area contributed by atoms with Crippen molar-refractivity contribution in [3.8, 4) is 11.8 Å². The van der Waals surface area contributed by atoms with E-state index in [0.29, 0.717) is 0 Å². The largest absolute Gasteiger partial charge is 0.476 e. The Balaban J connectivity index is 2.88. The number of benzene rings is 1. The average Bonchev–Trinajstić information content (AvgIpc) is 2.17. The molecule has 2 atom stereocenters. The molecule has 0 aromatic heterocycles. The van der Waals surface area contributed by atoms with Gasteiger partial charge in [0.2, 0.25) is 0 Å². The van der Waals surface area contributed by atoms with Crippen LogP contribution in [0.15, 0.2) is 18.2 Å². The molecule has 0 bridgehead atoms. The SMILES string of the molecule is CC(C#N)Oc1ccc([C@@H](C)O)c(F)c1. The molecule has 1 N–H and O–H groups in total. The monoisotopic (exact) mass is 209 g/mol. The van der Waals surface area contributed by atoms with Crippen LogP contribution in [-0.2, 0) is 0 Å². The van der Waals surface area contributed by atoms with Crippen LogP contribution in [0, 0.1) is 17.1 Å². The van der Waals surface area contributed by atoms with E-state index >= 15 is 0 Å². The highest BCUT2D eigenvalue weighted by atomic mass is 19.1. The lowest BCUT2D eigenvalue weighted by Gasteiger charge is -2.10. The van der Waals surface area contributed by atoms with Gasteiger partial charge in [-0.2, -0.15) is 5.26 Å². The molecular formula is C11H12FNO2. The molecule has 0 spiro atoms. The number of nitrogens with zero attached hydrogens (tertiary/aromatic N) is 1. The molecule has 0 aliphatic rings. The first-order chi connectivity index (χ1) is 7.04. The minimum Gasteiger partial charge on any atom is -0.476 e.